The van der Waals surface area contributed by atoms with Crippen LogP contribution in [0.2, 0.25) is 0 Å². The van der Waals surface area contributed by atoms with Crippen molar-refractivity contribution in [1.29, 1.82) is 0 Å². The van der Waals surface area contributed by atoms with Gasteiger partial charge >= 0.3 is 5.97 Å². The molecule has 0 spiro atoms. The van der Waals surface area contributed by atoms with Crippen molar-refractivity contribution >= 4 is 23.6 Å². The minimum atomic E-state index is -1.02. The van der Waals surface area contributed by atoms with Crippen molar-refractivity contribution in [2.24, 2.45) is 0 Å². The monoisotopic (exact) mass is 295 g/mol. The summed E-state index contributed by atoms with van der Waals surface area (Å²) in [6.07, 6.45) is 1.81. The number of carboxylic acids is 1. The largest absolute Gasteiger partial charge is 0.478 e. The molecule has 0 aromatic heterocycles. The summed E-state index contributed by atoms with van der Waals surface area (Å²) in [5.41, 5.74) is 3.22. The fourth-order valence-corrected chi connectivity index (χ4v) is 2.01. The van der Waals surface area contributed by atoms with Gasteiger partial charge in [-0.3, -0.25) is 4.79 Å². The van der Waals surface area contributed by atoms with Gasteiger partial charge in [-0.2, -0.15) is 0 Å². The Morgan fingerprint density at radius 2 is 1.82 bits per heavy atom. The molecular formula is C18H17NO3. The number of aromatic carboxylic acids is 1. The maximum absolute atomic E-state index is 12.2. The fraction of sp³-hybridized carbons (Fsp3) is 0.111. The molecule has 0 heterocycles. The van der Waals surface area contributed by atoms with E-state index in [9.17, 15) is 9.59 Å². The number of carbonyl (C=O) groups excluding carboxylic acids is 1. The predicted molar refractivity (Wildman–Crippen MR) is 86.9 cm³/mol. The van der Waals surface area contributed by atoms with E-state index in [2.05, 4.69) is 5.32 Å². The summed E-state index contributed by atoms with van der Waals surface area (Å²) in [4.78, 5) is 23.1. The highest BCUT2D eigenvalue weighted by Gasteiger charge is 2.08. The van der Waals surface area contributed by atoms with E-state index < -0.39 is 5.97 Å². The van der Waals surface area contributed by atoms with Crippen molar-refractivity contribution in [2.45, 2.75) is 13.8 Å². The van der Waals surface area contributed by atoms with Gasteiger partial charge in [0.25, 0.3) is 5.91 Å². The molecule has 0 unspecified atom stereocenters. The lowest BCUT2D eigenvalue weighted by Gasteiger charge is -2.07. The summed E-state index contributed by atoms with van der Waals surface area (Å²) in [7, 11) is 0. The molecular weight excluding hydrogens is 278 g/mol. The van der Waals surface area contributed by atoms with Crippen molar-refractivity contribution < 1.29 is 14.7 Å². The van der Waals surface area contributed by atoms with E-state index in [1.165, 1.54) is 12.1 Å². The first-order chi connectivity index (χ1) is 10.5. The zero-order chi connectivity index (χ0) is 16.1. The van der Waals surface area contributed by atoms with Crippen LogP contribution in [0.3, 0.4) is 0 Å². The van der Waals surface area contributed by atoms with Crippen LogP contribution in [0.5, 0.6) is 0 Å². The van der Waals surface area contributed by atoms with E-state index in [4.69, 9.17) is 5.11 Å². The molecule has 4 nitrogen and oxygen atoms in total. The number of hydrogen-bond acceptors (Lipinski definition) is 2. The number of carboxylic acid groups (broad SMARTS) is 1. The van der Waals surface area contributed by atoms with Gasteiger partial charge in [-0.1, -0.05) is 30.3 Å². The minimum absolute atomic E-state index is 0.137. The molecule has 0 fully saturated rings. The van der Waals surface area contributed by atoms with Gasteiger partial charge in [-0.15, -0.1) is 0 Å². The van der Waals surface area contributed by atoms with Crippen LogP contribution < -0.4 is 5.32 Å². The molecule has 112 valence electrons. The molecule has 0 radical (unpaired) electrons. The molecule has 0 saturated carbocycles. The molecule has 0 aliphatic carbocycles. The zero-order valence-electron chi connectivity index (χ0n) is 12.5. The van der Waals surface area contributed by atoms with Crippen molar-refractivity contribution in [3.8, 4) is 0 Å². The van der Waals surface area contributed by atoms with Crippen molar-refractivity contribution in [1.82, 2.24) is 0 Å². The summed E-state index contributed by atoms with van der Waals surface area (Å²) < 4.78 is 0. The van der Waals surface area contributed by atoms with E-state index in [0.717, 1.165) is 11.1 Å². The van der Waals surface area contributed by atoms with Crippen LogP contribution in [0, 0.1) is 6.92 Å². The fourth-order valence-electron chi connectivity index (χ4n) is 2.01. The lowest BCUT2D eigenvalue weighted by Crippen LogP contribution is -2.13. The number of benzene rings is 2. The van der Waals surface area contributed by atoms with Crippen LogP contribution in [-0.4, -0.2) is 17.0 Å². The number of amides is 1. The summed E-state index contributed by atoms with van der Waals surface area (Å²) in [5, 5.41) is 11.7. The Bertz CT molecular complexity index is 748. The topological polar surface area (TPSA) is 66.4 Å². The maximum Gasteiger partial charge on any atom is 0.335 e. The van der Waals surface area contributed by atoms with Crippen molar-refractivity contribution in [2.75, 3.05) is 5.32 Å². The number of carbonyl (C=O) groups is 2. The Hall–Kier alpha value is -2.88. The van der Waals surface area contributed by atoms with Crippen molar-refractivity contribution in [3.63, 3.8) is 0 Å². The van der Waals surface area contributed by atoms with E-state index >= 15 is 0 Å². The van der Waals surface area contributed by atoms with Crippen LogP contribution in [0.4, 0.5) is 5.69 Å². The number of rotatable bonds is 4. The van der Waals surface area contributed by atoms with Crippen LogP contribution in [0.25, 0.3) is 6.08 Å². The highest BCUT2D eigenvalue weighted by Crippen LogP contribution is 2.15. The molecule has 1 amide bonds. The Morgan fingerprint density at radius 3 is 2.50 bits per heavy atom. The number of nitrogens with one attached hydrogen (secondary N) is 1. The second kappa shape index (κ2) is 6.72. The highest BCUT2D eigenvalue weighted by molar-refractivity contribution is 6.06. The third-order valence-corrected chi connectivity index (χ3v) is 3.29. The molecule has 2 aromatic rings. The van der Waals surface area contributed by atoms with Crippen LogP contribution >= 0.6 is 0 Å². The first-order valence-corrected chi connectivity index (χ1v) is 6.86. The lowest BCUT2D eigenvalue weighted by molar-refractivity contribution is -0.112. The third-order valence-electron chi connectivity index (χ3n) is 3.29. The first-order valence-electron chi connectivity index (χ1n) is 6.86. The Balaban J connectivity index is 2.17. The van der Waals surface area contributed by atoms with E-state index in [-0.39, 0.29) is 11.5 Å². The Kier molecular flexibility index (Phi) is 4.73. The van der Waals surface area contributed by atoms with Crippen LogP contribution in [-0.2, 0) is 4.79 Å². The highest BCUT2D eigenvalue weighted by atomic mass is 16.4. The van der Waals surface area contributed by atoms with E-state index in [1.54, 1.807) is 19.1 Å². The van der Waals surface area contributed by atoms with E-state index in [1.807, 2.05) is 37.3 Å². The second-order valence-corrected chi connectivity index (χ2v) is 5.02. The first kappa shape index (κ1) is 15.5. The summed E-state index contributed by atoms with van der Waals surface area (Å²) in [5.74, 6) is -1.28. The Labute approximate surface area is 129 Å². The lowest BCUT2D eigenvalue weighted by atomic mass is 10.1. The molecule has 2 rings (SSSR count). The van der Waals surface area contributed by atoms with Gasteiger partial charge in [0.1, 0.15) is 0 Å². The van der Waals surface area contributed by atoms with Crippen molar-refractivity contribution in [3.05, 3.63) is 70.8 Å². The molecule has 0 aliphatic rings. The number of aryl methyl sites for hydroxylation is 1. The molecule has 0 saturated heterocycles. The normalized spacial score (nSPS) is 11.1. The average Bonchev–Trinajstić information content (AvgIpc) is 2.49. The predicted octanol–water partition coefficient (Wildman–Crippen LogP) is 3.74. The molecule has 4 heteroatoms. The summed E-state index contributed by atoms with van der Waals surface area (Å²) in [6.45, 7) is 3.70. The van der Waals surface area contributed by atoms with Crippen LogP contribution in [0.1, 0.15) is 28.4 Å². The quantitative estimate of drug-likeness (QED) is 0.844. The van der Waals surface area contributed by atoms with Gasteiger partial charge in [0, 0.05) is 11.3 Å². The van der Waals surface area contributed by atoms with Gasteiger partial charge in [0.05, 0.1) is 5.56 Å². The minimum Gasteiger partial charge on any atom is -0.478 e. The van der Waals surface area contributed by atoms with Gasteiger partial charge in [0.2, 0.25) is 0 Å². The average molecular weight is 295 g/mol. The molecule has 0 aliphatic heterocycles. The van der Waals surface area contributed by atoms with Crippen LogP contribution in [0.15, 0.2) is 54.1 Å². The SMILES string of the molecule is CC(=Cc1ccccc1C)C(=O)Nc1cccc(C(=O)O)c1. The summed E-state index contributed by atoms with van der Waals surface area (Å²) in [6, 6.07) is 13.9. The molecule has 0 bridgehead atoms. The second-order valence-electron chi connectivity index (χ2n) is 5.02. The zero-order valence-corrected chi connectivity index (χ0v) is 12.5. The molecule has 2 N–H and O–H groups in total. The smallest absolute Gasteiger partial charge is 0.335 e. The molecule has 0 atom stereocenters. The van der Waals surface area contributed by atoms with Gasteiger partial charge in [0.15, 0.2) is 0 Å². The molecule has 2 aromatic carbocycles. The maximum atomic E-state index is 12.2. The van der Waals surface area contributed by atoms with Gasteiger partial charge < -0.3 is 10.4 Å². The number of hydrogen-bond donors (Lipinski definition) is 2. The molecule has 22 heavy (non-hydrogen) atoms. The summed E-state index contributed by atoms with van der Waals surface area (Å²) >= 11 is 0. The van der Waals surface area contributed by atoms with Gasteiger partial charge in [-0.25, -0.2) is 4.79 Å². The van der Waals surface area contributed by atoms with Gasteiger partial charge in [-0.05, 0) is 49.2 Å². The third kappa shape index (κ3) is 3.82. The number of anilines is 1. The standard InChI is InChI=1S/C18H17NO3/c1-12-6-3-4-7-14(12)10-13(2)17(20)19-16-9-5-8-15(11-16)18(21)22/h3-11H,1-2H3,(H,19,20)(H,21,22). The van der Waals surface area contributed by atoms with E-state index in [0.29, 0.717) is 11.3 Å². The Morgan fingerprint density at radius 1 is 1.09 bits per heavy atom.